The number of aryl methyl sites for hydroxylation is 2. The first kappa shape index (κ1) is 14.0. The summed E-state index contributed by atoms with van der Waals surface area (Å²) < 4.78 is 0. The van der Waals surface area contributed by atoms with E-state index in [0.29, 0.717) is 5.88 Å². The van der Waals surface area contributed by atoms with Crippen molar-refractivity contribution < 1.29 is 4.79 Å². The lowest BCUT2D eigenvalue weighted by Crippen LogP contribution is -2.24. The molecule has 0 spiro atoms. The fourth-order valence-corrected chi connectivity index (χ4v) is 1.77. The molecule has 0 fully saturated rings. The fourth-order valence-electron chi connectivity index (χ4n) is 1.58. The number of halogens is 1. The molecule has 0 radical (unpaired) electrons. The van der Waals surface area contributed by atoms with Crippen molar-refractivity contribution in [3.05, 3.63) is 34.9 Å². The molecule has 0 aliphatic carbocycles. The second-order valence-electron chi connectivity index (χ2n) is 4.30. The lowest BCUT2D eigenvalue weighted by atomic mass is 10.1. The summed E-state index contributed by atoms with van der Waals surface area (Å²) in [6.07, 6.45) is 3.07. The predicted octanol–water partition coefficient (Wildman–Crippen LogP) is 3.44. The Bertz CT molecular complexity index is 376. The summed E-state index contributed by atoms with van der Waals surface area (Å²) in [7, 11) is 0. The molecule has 0 atom stereocenters. The highest BCUT2D eigenvalue weighted by atomic mass is 35.5. The predicted molar refractivity (Wildman–Crippen MR) is 72.8 cm³/mol. The van der Waals surface area contributed by atoms with E-state index in [1.54, 1.807) is 0 Å². The molecule has 0 unspecified atom stereocenters. The molecule has 1 amide bonds. The highest BCUT2D eigenvalue weighted by molar-refractivity contribution is 6.17. The molecule has 0 aliphatic rings. The van der Waals surface area contributed by atoms with Crippen LogP contribution in [0.15, 0.2) is 18.2 Å². The molecular formula is C14H20ClNO. The van der Waals surface area contributed by atoms with Gasteiger partial charge in [-0.3, -0.25) is 4.79 Å². The molecule has 1 N–H and O–H groups in total. The van der Waals surface area contributed by atoms with Crippen LogP contribution in [0.5, 0.6) is 0 Å². The van der Waals surface area contributed by atoms with Crippen LogP contribution in [-0.2, 0) is 0 Å². The van der Waals surface area contributed by atoms with Gasteiger partial charge < -0.3 is 5.32 Å². The van der Waals surface area contributed by atoms with E-state index in [-0.39, 0.29) is 5.91 Å². The molecule has 0 aliphatic heterocycles. The SMILES string of the molecule is Cc1ccc(C(=O)NCCCCCCl)cc1C. The summed E-state index contributed by atoms with van der Waals surface area (Å²) in [5.41, 5.74) is 3.11. The topological polar surface area (TPSA) is 29.1 Å². The Kier molecular flexibility index (Phi) is 6.06. The van der Waals surface area contributed by atoms with Crippen LogP contribution in [0.2, 0.25) is 0 Å². The zero-order chi connectivity index (χ0) is 12.7. The molecule has 1 rings (SSSR count). The van der Waals surface area contributed by atoms with Crippen molar-refractivity contribution in [2.45, 2.75) is 33.1 Å². The third kappa shape index (κ3) is 4.78. The van der Waals surface area contributed by atoms with Crippen molar-refractivity contribution in [1.82, 2.24) is 5.32 Å². The number of hydrogen-bond acceptors (Lipinski definition) is 1. The van der Waals surface area contributed by atoms with Gasteiger partial charge in [-0.05, 0) is 49.9 Å². The van der Waals surface area contributed by atoms with Crippen molar-refractivity contribution in [2.75, 3.05) is 12.4 Å². The van der Waals surface area contributed by atoms with Gasteiger partial charge in [0.1, 0.15) is 0 Å². The molecule has 0 saturated heterocycles. The fraction of sp³-hybridized carbons (Fsp3) is 0.500. The number of carbonyl (C=O) groups excluding carboxylic acids is 1. The zero-order valence-electron chi connectivity index (χ0n) is 10.6. The quantitative estimate of drug-likeness (QED) is 0.611. The van der Waals surface area contributed by atoms with Gasteiger partial charge in [0.05, 0.1) is 0 Å². The van der Waals surface area contributed by atoms with E-state index in [9.17, 15) is 4.79 Å². The minimum absolute atomic E-state index is 0.0129. The Hall–Kier alpha value is -1.02. The summed E-state index contributed by atoms with van der Waals surface area (Å²) in [6.45, 7) is 4.79. The second kappa shape index (κ2) is 7.33. The van der Waals surface area contributed by atoms with E-state index in [1.165, 1.54) is 5.56 Å². The van der Waals surface area contributed by atoms with Crippen molar-refractivity contribution in [3.8, 4) is 0 Å². The molecule has 17 heavy (non-hydrogen) atoms. The first-order valence-corrected chi connectivity index (χ1v) is 6.60. The van der Waals surface area contributed by atoms with E-state index < -0.39 is 0 Å². The Morgan fingerprint density at radius 3 is 2.59 bits per heavy atom. The van der Waals surface area contributed by atoms with Crippen molar-refractivity contribution in [3.63, 3.8) is 0 Å². The van der Waals surface area contributed by atoms with Crippen LogP contribution in [-0.4, -0.2) is 18.3 Å². The summed E-state index contributed by atoms with van der Waals surface area (Å²) in [4.78, 5) is 11.8. The molecule has 3 heteroatoms. The number of carbonyl (C=O) groups is 1. The van der Waals surface area contributed by atoms with Gasteiger partial charge in [-0.1, -0.05) is 12.5 Å². The molecule has 2 nitrogen and oxygen atoms in total. The lowest BCUT2D eigenvalue weighted by Gasteiger charge is -2.07. The van der Waals surface area contributed by atoms with Crippen LogP contribution in [0.25, 0.3) is 0 Å². The number of nitrogens with one attached hydrogen (secondary N) is 1. The number of rotatable bonds is 6. The number of alkyl halides is 1. The Balaban J connectivity index is 2.39. The molecule has 0 heterocycles. The third-order valence-electron chi connectivity index (χ3n) is 2.87. The average molecular weight is 254 g/mol. The third-order valence-corrected chi connectivity index (χ3v) is 3.13. The maximum atomic E-state index is 11.8. The summed E-state index contributed by atoms with van der Waals surface area (Å²) in [5.74, 6) is 0.712. The van der Waals surface area contributed by atoms with Crippen LogP contribution < -0.4 is 5.32 Å². The lowest BCUT2D eigenvalue weighted by molar-refractivity contribution is 0.0953. The van der Waals surface area contributed by atoms with Gasteiger partial charge in [0, 0.05) is 18.0 Å². The van der Waals surface area contributed by atoms with Crippen molar-refractivity contribution in [2.24, 2.45) is 0 Å². The van der Waals surface area contributed by atoms with Crippen LogP contribution in [0.3, 0.4) is 0 Å². The normalized spacial score (nSPS) is 10.3. The van der Waals surface area contributed by atoms with E-state index >= 15 is 0 Å². The second-order valence-corrected chi connectivity index (χ2v) is 4.68. The highest BCUT2D eigenvalue weighted by Crippen LogP contribution is 2.09. The van der Waals surface area contributed by atoms with Gasteiger partial charge in [-0.25, -0.2) is 0 Å². The maximum absolute atomic E-state index is 11.8. The summed E-state index contributed by atoms with van der Waals surface area (Å²) in [6, 6.07) is 5.79. The molecule has 1 aromatic carbocycles. The molecule has 0 saturated carbocycles. The molecule has 0 aromatic heterocycles. The number of hydrogen-bond donors (Lipinski definition) is 1. The Morgan fingerprint density at radius 1 is 1.18 bits per heavy atom. The van der Waals surface area contributed by atoms with Gasteiger partial charge in [0.25, 0.3) is 5.91 Å². The van der Waals surface area contributed by atoms with E-state index in [2.05, 4.69) is 5.32 Å². The molecule has 0 bridgehead atoms. The smallest absolute Gasteiger partial charge is 0.251 e. The van der Waals surface area contributed by atoms with Crippen LogP contribution in [0.1, 0.15) is 40.7 Å². The molecular weight excluding hydrogens is 234 g/mol. The van der Waals surface area contributed by atoms with Crippen molar-refractivity contribution in [1.29, 1.82) is 0 Å². The highest BCUT2D eigenvalue weighted by Gasteiger charge is 2.05. The van der Waals surface area contributed by atoms with Gasteiger partial charge in [0.15, 0.2) is 0 Å². The zero-order valence-corrected chi connectivity index (χ0v) is 11.3. The molecule has 1 aromatic rings. The van der Waals surface area contributed by atoms with E-state index in [1.807, 2.05) is 32.0 Å². The van der Waals surface area contributed by atoms with Crippen LogP contribution >= 0.6 is 11.6 Å². The number of amides is 1. The van der Waals surface area contributed by atoms with Gasteiger partial charge in [-0.15, -0.1) is 11.6 Å². The summed E-state index contributed by atoms with van der Waals surface area (Å²) in [5, 5.41) is 2.92. The minimum Gasteiger partial charge on any atom is -0.352 e. The van der Waals surface area contributed by atoms with Crippen molar-refractivity contribution >= 4 is 17.5 Å². The van der Waals surface area contributed by atoms with Gasteiger partial charge >= 0.3 is 0 Å². The van der Waals surface area contributed by atoms with Crippen LogP contribution in [0.4, 0.5) is 0 Å². The van der Waals surface area contributed by atoms with Crippen LogP contribution in [0, 0.1) is 13.8 Å². The van der Waals surface area contributed by atoms with Gasteiger partial charge in [-0.2, -0.15) is 0 Å². The van der Waals surface area contributed by atoms with E-state index in [4.69, 9.17) is 11.6 Å². The monoisotopic (exact) mass is 253 g/mol. The Morgan fingerprint density at radius 2 is 1.94 bits per heavy atom. The largest absolute Gasteiger partial charge is 0.352 e. The standard InChI is InChI=1S/C14H20ClNO/c1-11-6-7-13(10-12(11)2)14(17)16-9-5-3-4-8-15/h6-7,10H,3-5,8-9H2,1-2H3,(H,16,17). The number of unbranched alkanes of at least 4 members (excludes halogenated alkanes) is 2. The minimum atomic E-state index is 0.0129. The van der Waals surface area contributed by atoms with Gasteiger partial charge in [0.2, 0.25) is 0 Å². The molecule has 94 valence electrons. The average Bonchev–Trinajstić information content (AvgIpc) is 2.32. The number of benzene rings is 1. The Labute approximate surface area is 108 Å². The summed E-state index contributed by atoms with van der Waals surface area (Å²) >= 11 is 5.58. The first-order chi connectivity index (χ1) is 8.15. The maximum Gasteiger partial charge on any atom is 0.251 e. The van der Waals surface area contributed by atoms with E-state index in [0.717, 1.165) is 36.9 Å². The first-order valence-electron chi connectivity index (χ1n) is 6.06.